The first-order chi connectivity index (χ1) is 9.58. The molecule has 1 heterocycles. The van der Waals surface area contributed by atoms with Gasteiger partial charge in [-0.15, -0.1) is 0 Å². The number of nitrogens with one attached hydrogen (secondary N) is 1. The Labute approximate surface area is 117 Å². The van der Waals surface area contributed by atoms with E-state index >= 15 is 0 Å². The van der Waals surface area contributed by atoms with Crippen LogP contribution in [0.2, 0.25) is 0 Å². The SMILES string of the molecule is CCC(C)NC(=O)Cc1cc(-c2ccc(F)cc2)on1. The molecule has 1 amide bonds. The van der Waals surface area contributed by atoms with Crippen LogP contribution in [-0.2, 0) is 11.2 Å². The summed E-state index contributed by atoms with van der Waals surface area (Å²) in [5.41, 5.74) is 1.29. The van der Waals surface area contributed by atoms with Crippen LogP contribution in [0.3, 0.4) is 0 Å². The first kappa shape index (κ1) is 14.2. The topological polar surface area (TPSA) is 55.1 Å². The molecule has 1 N–H and O–H groups in total. The van der Waals surface area contributed by atoms with Crippen LogP contribution in [0.4, 0.5) is 4.39 Å². The number of hydrogen-bond acceptors (Lipinski definition) is 3. The van der Waals surface area contributed by atoms with Crippen molar-refractivity contribution in [3.63, 3.8) is 0 Å². The van der Waals surface area contributed by atoms with E-state index in [-0.39, 0.29) is 24.2 Å². The number of carbonyl (C=O) groups excluding carboxylic acids is 1. The highest BCUT2D eigenvalue weighted by molar-refractivity contribution is 5.78. The van der Waals surface area contributed by atoms with Crippen LogP contribution in [0, 0.1) is 5.82 Å². The molecule has 0 fully saturated rings. The van der Waals surface area contributed by atoms with E-state index < -0.39 is 0 Å². The lowest BCUT2D eigenvalue weighted by molar-refractivity contribution is -0.121. The smallest absolute Gasteiger partial charge is 0.226 e. The zero-order chi connectivity index (χ0) is 14.5. The molecule has 1 unspecified atom stereocenters. The molecule has 5 heteroatoms. The molecule has 1 atom stereocenters. The molecule has 1 aromatic carbocycles. The highest BCUT2D eigenvalue weighted by Gasteiger charge is 2.12. The minimum absolute atomic E-state index is 0.0849. The Morgan fingerprint density at radius 3 is 2.75 bits per heavy atom. The third-order valence-electron chi connectivity index (χ3n) is 3.05. The maximum atomic E-state index is 12.8. The van der Waals surface area contributed by atoms with Crippen LogP contribution in [-0.4, -0.2) is 17.1 Å². The zero-order valence-corrected chi connectivity index (χ0v) is 11.5. The highest BCUT2D eigenvalue weighted by Crippen LogP contribution is 2.20. The van der Waals surface area contributed by atoms with E-state index in [9.17, 15) is 9.18 Å². The van der Waals surface area contributed by atoms with E-state index in [1.54, 1.807) is 18.2 Å². The fraction of sp³-hybridized carbons (Fsp3) is 0.333. The molecule has 0 aliphatic heterocycles. The number of rotatable bonds is 5. The fourth-order valence-electron chi connectivity index (χ4n) is 1.74. The van der Waals surface area contributed by atoms with E-state index in [0.29, 0.717) is 11.5 Å². The summed E-state index contributed by atoms with van der Waals surface area (Å²) < 4.78 is 18.0. The molecule has 0 saturated heterocycles. The average molecular weight is 276 g/mol. The summed E-state index contributed by atoms with van der Waals surface area (Å²) in [4.78, 5) is 11.7. The normalized spacial score (nSPS) is 12.2. The van der Waals surface area contributed by atoms with Gasteiger partial charge in [-0.25, -0.2) is 4.39 Å². The van der Waals surface area contributed by atoms with Crippen molar-refractivity contribution in [3.8, 4) is 11.3 Å². The molecule has 20 heavy (non-hydrogen) atoms. The van der Waals surface area contributed by atoms with Crippen molar-refractivity contribution in [3.05, 3.63) is 41.8 Å². The minimum atomic E-state index is -0.304. The monoisotopic (exact) mass is 276 g/mol. The fourth-order valence-corrected chi connectivity index (χ4v) is 1.74. The van der Waals surface area contributed by atoms with Crippen molar-refractivity contribution >= 4 is 5.91 Å². The lowest BCUT2D eigenvalue weighted by atomic mass is 10.1. The van der Waals surface area contributed by atoms with Gasteiger partial charge in [0, 0.05) is 17.7 Å². The summed E-state index contributed by atoms with van der Waals surface area (Å²) in [6, 6.07) is 7.77. The van der Waals surface area contributed by atoms with E-state index in [0.717, 1.165) is 12.0 Å². The number of halogens is 1. The van der Waals surface area contributed by atoms with Crippen molar-refractivity contribution < 1.29 is 13.7 Å². The maximum absolute atomic E-state index is 12.8. The predicted octanol–water partition coefficient (Wildman–Crippen LogP) is 2.94. The van der Waals surface area contributed by atoms with Gasteiger partial charge >= 0.3 is 0 Å². The van der Waals surface area contributed by atoms with Gasteiger partial charge in [-0.1, -0.05) is 12.1 Å². The Morgan fingerprint density at radius 1 is 1.40 bits per heavy atom. The third kappa shape index (κ3) is 3.66. The van der Waals surface area contributed by atoms with Crippen molar-refractivity contribution in [2.75, 3.05) is 0 Å². The van der Waals surface area contributed by atoms with Gasteiger partial charge in [0.15, 0.2) is 5.76 Å². The third-order valence-corrected chi connectivity index (χ3v) is 3.05. The Bertz CT molecular complexity index is 578. The van der Waals surface area contributed by atoms with E-state index in [2.05, 4.69) is 10.5 Å². The minimum Gasteiger partial charge on any atom is -0.356 e. The second-order valence-corrected chi connectivity index (χ2v) is 4.74. The van der Waals surface area contributed by atoms with Crippen molar-refractivity contribution in [1.82, 2.24) is 10.5 Å². The molecule has 106 valence electrons. The van der Waals surface area contributed by atoms with Gasteiger partial charge in [-0.2, -0.15) is 0 Å². The van der Waals surface area contributed by atoms with Gasteiger partial charge in [0.25, 0.3) is 0 Å². The van der Waals surface area contributed by atoms with Crippen LogP contribution in [0.5, 0.6) is 0 Å². The van der Waals surface area contributed by atoms with Gasteiger partial charge in [-0.05, 0) is 37.6 Å². The summed E-state index contributed by atoms with van der Waals surface area (Å²) >= 11 is 0. The Kier molecular flexibility index (Phi) is 4.50. The quantitative estimate of drug-likeness (QED) is 0.913. The van der Waals surface area contributed by atoms with Gasteiger partial charge in [-0.3, -0.25) is 4.79 Å². The lowest BCUT2D eigenvalue weighted by Gasteiger charge is -2.09. The second kappa shape index (κ2) is 6.32. The molecule has 1 aromatic heterocycles. The van der Waals surface area contributed by atoms with Crippen LogP contribution in [0.1, 0.15) is 26.0 Å². The van der Waals surface area contributed by atoms with Gasteiger partial charge in [0.1, 0.15) is 5.82 Å². The molecule has 0 radical (unpaired) electrons. The molecule has 0 aliphatic rings. The van der Waals surface area contributed by atoms with Crippen LogP contribution in [0.15, 0.2) is 34.9 Å². The molecule has 2 rings (SSSR count). The molecule has 0 saturated carbocycles. The summed E-state index contributed by atoms with van der Waals surface area (Å²) in [5.74, 6) is 0.135. The maximum Gasteiger partial charge on any atom is 0.226 e. The summed E-state index contributed by atoms with van der Waals surface area (Å²) in [6.45, 7) is 3.96. The average Bonchev–Trinajstić information content (AvgIpc) is 2.87. The second-order valence-electron chi connectivity index (χ2n) is 4.74. The predicted molar refractivity (Wildman–Crippen MR) is 73.5 cm³/mol. The number of aromatic nitrogens is 1. The van der Waals surface area contributed by atoms with E-state index in [1.165, 1.54) is 12.1 Å². The molecule has 2 aromatic rings. The first-order valence-electron chi connectivity index (χ1n) is 6.59. The standard InChI is InChI=1S/C15H17FN2O2/c1-3-10(2)17-15(19)9-13-8-14(20-18-13)11-4-6-12(16)7-5-11/h4-8,10H,3,9H2,1-2H3,(H,17,19). The summed E-state index contributed by atoms with van der Waals surface area (Å²) in [7, 11) is 0. The number of hydrogen-bond donors (Lipinski definition) is 1. The Hall–Kier alpha value is -2.17. The Balaban J connectivity index is 2.02. The van der Waals surface area contributed by atoms with Gasteiger partial charge < -0.3 is 9.84 Å². The van der Waals surface area contributed by atoms with Crippen LogP contribution >= 0.6 is 0 Å². The molecule has 0 aliphatic carbocycles. The molecule has 4 nitrogen and oxygen atoms in total. The van der Waals surface area contributed by atoms with Crippen LogP contribution in [0.25, 0.3) is 11.3 Å². The van der Waals surface area contributed by atoms with E-state index in [1.807, 2.05) is 13.8 Å². The highest BCUT2D eigenvalue weighted by atomic mass is 19.1. The lowest BCUT2D eigenvalue weighted by Crippen LogP contribution is -2.33. The summed E-state index contributed by atoms with van der Waals surface area (Å²) in [6.07, 6.45) is 1.06. The molecule has 0 bridgehead atoms. The largest absolute Gasteiger partial charge is 0.356 e. The first-order valence-corrected chi connectivity index (χ1v) is 6.59. The Morgan fingerprint density at radius 2 is 2.10 bits per heavy atom. The van der Waals surface area contributed by atoms with Crippen molar-refractivity contribution in [1.29, 1.82) is 0 Å². The number of carbonyl (C=O) groups is 1. The van der Waals surface area contributed by atoms with Gasteiger partial charge in [0.05, 0.1) is 12.1 Å². The summed E-state index contributed by atoms with van der Waals surface area (Å²) in [5, 5.41) is 6.72. The van der Waals surface area contributed by atoms with E-state index in [4.69, 9.17) is 4.52 Å². The molecule has 0 spiro atoms. The zero-order valence-electron chi connectivity index (χ0n) is 11.5. The van der Waals surface area contributed by atoms with Crippen LogP contribution < -0.4 is 5.32 Å². The van der Waals surface area contributed by atoms with Crippen molar-refractivity contribution in [2.24, 2.45) is 0 Å². The number of amides is 1. The number of nitrogens with zero attached hydrogens (tertiary/aromatic N) is 1. The molecular formula is C15H17FN2O2. The number of benzene rings is 1. The molecular weight excluding hydrogens is 259 g/mol. The van der Waals surface area contributed by atoms with Crippen molar-refractivity contribution in [2.45, 2.75) is 32.7 Å². The van der Waals surface area contributed by atoms with Gasteiger partial charge in [0.2, 0.25) is 5.91 Å².